The smallest absolute Gasteiger partial charge is 0.335 e. The van der Waals surface area contributed by atoms with Gasteiger partial charge in [-0.1, -0.05) is 60.1 Å². The maximum atomic E-state index is 14.0. The highest BCUT2D eigenvalue weighted by Gasteiger charge is 2.70. The number of aliphatic hydroxyl groups is 6. The van der Waals surface area contributed by atoms with Crippen molar-refractivity contribution in [1.29, 1.82) is 0 Å². The number of fused-ring (bicyclic) bond motifs is 7. The van der Waals surface area contributed by atoms with Crippen LogP contribution >= 0.6 is 0 Å². The van der Waals surface area contributed by atoms with Gasteiger partial charge in [0.25, 0.3) is 0 Å². The lowest BCUT2D eigenvalue weighted by Crippen LogP contribution is -2.68. The van der Waals surface area contributed by atoms with Gasteiger partial charge in [-0.3, -0.25) is 4.79 Å². The Morgan fingerprint density at radius 1 is 0.796 bits per heavy atom. The number of carboxylic acid groups (broad SMARTS) is 1. The molecule has 0 aromatic carbocycles. The summed E-state index contributed by atoms with van der Waals surface area (Å²) in [7, 11) is 0. The number of rotatable bonds is 5. The first kappa shape index (κ1) is 40.7. The highest BCUT2D eigenvalue weighted by Crippen LogP contribution is 2.74. The maximum Gasteiger partial charge on any atom is 0.335 e. The molecule has 5 aliphatic carbocycles. The van der Waals surface area contributed by atoms with E-state index in [0.29, 0.717) is 19.3 Å². The molecule has 306 valence electrons. The van der Waals surface area contributed by atoms with Crippen molar-refractivity contribution in [3.63, 3.8) is 0 Å². The summed E-state index contributed by atoms with van der Waals surface area (Å²) in [5, 5.41) is 75.1. The van der Waals surface area contributed by atoms with Crippen LogP contribution in [-0.2, 0) is 28.5 Å². The second-order valence-electron chi connectivity index (χ2n) is 20.3. The van der Waals surface area contributed by atoms with Gasteiger partial charge in [-0.2, -0.15) is 0 Å². The molecule has 0 aromatic rings. The first-order chi connectivity index (χ1) is 24.9. The summed E-state index contributed by atoms with van der Waals surface area (Å²) >= 11 is 0. The van der Waals surface area contributed by atoms with Crippen molar-refractivity contribution in [2.24, 2.45) is 44.8 Å². The van der Waals surface area contributed by atoms with Crippen LogP contribution in [0.1, 0.15) is 113 Å². The molecule has 2 saturated heterocycles. The number of hydrogen-bond donors (Lipinski definition) is 7. The Labute approximate surface area is 318 Å². The van der Waals surface area contributed by atoms with E-state index in [1.807, 2.05) is 0 Å². The van der Waals surface area contributed by atoms with E-state index in [9.17, 15) is 45.3 Å². The fraction of sp³-hybridized carbons (Fsp3) is 0.902. The third-order valence-electron chi connectivity index (χ3n) is 16.5. The first-order valence-electron chi connectivity index (χ1n) is 20.1. The normalized spacial score (nSPS) is 54.0. The Hall–Kier alpha value is -1.52. The number of carbonyl (C=O) groups excluding carboxylic acids is 1. The van der Waals surface area contributed by atoms with Crippen LogP contribution in [0.15, 0.2) is 11.6 Å². The van der Waals surface area contributed by atoms with E-state index >= 15 is 0 Å². The number of carbonyl (C=O) groups is 2. The molecule has 0 spiro atoms. The van der Waals surface area contributed by atoms with E-state index in [1.54, 1.807) is 0 Å². The Bertz CT molecular complexity index is 1530. The van der Waals surface area contributed by atoms with Crippen LogP contribution in [-0.4, -0.2) is 121 Å². The van der Waals surface area contributed by atoms with Crippen molar-refractivity contribution in [1.82, 2.24) is 0 Å². The molecule has 6 fully saturated rings. The molecule has 13 heteroatoms. The average Bonchev–Trinajstić information content (AvgIpc) is 3.08. The standard InChI is InChI=1S/C41H64O13/c1-19-26(43)27(44)30(47)34(51-19)54-32-29(46)28(45)31(33(48)49)53-35(32)52-25-12-13-38(6)22(37(25,4)5)11-14-39(7)23(38)10-9-20-21-17-36(2,3)15-16-41(21,50)24(42)18-40(20,39)8/h9,19,21-23,25-32,34-35,43-47,50H,10-18H2,1-8H3,(H,48,49)/t19-,21?,22?,23?,25-,26-,27+,28-,29-,30+,31-,32+,34-,35+,38-,39+,40+,41+/m0/s1. The van der Waals surface area contributed by atoms with E-state index in [2.05, 4.69) is 54.5 Å². The van der Waals surface area contributed by atoms with Crippen molar-refractivity contribution in [2.75, 3.05) is 0 Å². The van der Waals surface area contributed by atoms with Gasteiger partial charge >= 0.3 is 5.97 Å². The molecule has 0 amide bonds. The summed E-state index contributed by atoms with van der Waals surface area (Å²) in [6.07, 6.45) is -7.48. The predicted molar refractivity (Wildman–Crippen MR) is 192 cm³/mol. The molecular weight excluding hydrogens is 700 g/mol. The number of aliphatic hydroxyl groups excluding tert-OH is 5. The molecule has 13 nitrogen and oxygen atoms in total. The molecule has 4 saturated carbocycles. The zero-order valence-electron chi connectivity index (χ0n) is 33.1. The van der Waals surface area contributed by atoms with Gasteiger partial charge in [-0.05, 0) is 91.8 Å². The van der Waals surface area contributed by atoms with Crippen molar-refractivity contribution < 1.29 is 64.3 Å². The van der Waals surface area contributed by atoms with Gasteiger partial charge in [0.05, 0.1) is 12.2 Å². The Balaban J connectivity index is 1.16. The largest absolute Gasteiger partial charge is 0.479 e. The summed E-state index contributed by atoms with van der Waals surface area (Å²) in [6, 6.07) is 0. The molecule has 0 bridgehead atoms. The average molecular weight is 765 g/mol. The quantitative estimate of drug-likeness (QED) is 0.159. The summed E-state index contributed by atoms with van der Waals surface area (Å²) in [5.41, 5.74) is -1.21. The van der Waals surface area contributed by atoms with Crippen molar-refractivity contribution >= 4 is 11.8 Å². The van der Waals surface area contributed by atoms with E-state index in [-0.39, 0.29) is 45.2 Å². The van der Waals surface area contributed by atoms with Gasteiger partial charge in [0.2, 0.25) is 0 Å². The Kier molecular flexibility index (Phi) is 9.98. The number of ketones is 1. The number of carboxylic acids is 1. The fourth-order valence-corrected chi connectivity index (χ4v) is 13.0. The van der Waals surface area contributed by atoms with Crippen molar-refractivity contribution in [3.05, 3.63) is 11.6 Å². The number of Topliss-reactive ketones (excluding diaryl/α,β-unsaturated/α-hetero) is 1. The van der Waals surface area contributed by atoms with Crippen LogP contribution in [0.5, 0.6) is 0 Å². The maximum absolute atomic E-state index is 14.0. The SMILES string of the molecule is C[C@@H]1O[C@@H](O[C@H]2[C@H](O[C@H]3CC[C@@]4(C)C(CC[C@]5(C)C4CC=C4C6CC(C)(C)CC[C@]6(O)C(=O)C[C@]45C)C3(C)C)O[C@H](C(=O)O)[C@@H](O)[C@@H]2O)[C@H](O)[C@H](O)[C@H]1O. The van der Waals surface area contributed by atoms with Gasteiger partial charge in [0.15, 0.2) is 24.5 Å². The molecule has 54 heavy (non-hydrogen) atoms. The van der Waals surface area contributed by atoms with Gasteiger partial charge in [-0.15, -0.1) is 0 Å². The molecule has 2 heterocycles. The summed E-state index contributed by atoms with van der Waals surface area (Å²) in [4.78, 5) is 26.2. The van der Waals surface area contributed by atoms with Gasteiger partial charge in [-0.25, -0.2) is 4.79 Å². The van der Waals surface area contributed by atoms with Crippen LogP contribution in [0.3, 0.4) is 0 Å². The van der Waals surface area contributed by atoms with Crippen LogP contribution in [0.25, 0.3) is 0 Å². The summed E-state index contributed by atoms with van der Waals surface area (Å²) in [6.45, 7) is 17.3. The zero-order valence-corrected chi connectivity index (χ0v) is 33.1. The van der Waals surface area contributed by atoms with Crippen molar-refractivity contribution in [3.8, 4) is 0 Å². The molecule has 18 atom stereocenters. The number of hydrogen-bond acceptors (Lipinski definition) is 12. The topological polar surface area (TPSA) is 213 Å². The van der Waals surface area contributed by atoms with E-state index in [0.717, 1.165) is 38.5 Å². The molecule has 0 aromatic heterocycles. The van der Waals surface area contributed by atoms with Crippen molar-refractivity contribution in [2.45, 2.75) is 186 Å². The monoisotopic (exact) mass is 764 g/mol. The highest BCUT2D eigenvalue weighted by atomic mass is 16.8. The Morgan fingerprint density at radius 3 is 2.15 bits per heavy atom. The van der Waals surface area contributed by atoms with E-state index in [1.165, 1.54) is 12.5 Å². The minimum atomic E-state index is -1.90. The Morgan fingerprint density at radius 2 is 1.48 bits per heavy atom. The minimum absolute atomic E-state index is 0.0169. The molecule has 3 unspecified atom stereocenters. The van der Waals surface area contributed by atoms with Crippen LogP contribution in [0, 0.1) is 44.8 Å². The van der Waals surface area contributed by atoms with Gasteiger partial charge in [0.1, 0.15) is 42.2 Å². The van der Waals surface area contributed by atoms with Gasteiger partial charge in [0, 0.05) is 17.8 Å². The molecule has 7 rings (SSSR count). The minimum Gasteiger partial charge on any atom is -0.479 e. The van der Waals surface area contributed by atoms with Crippen LogP contribution < -0.4 is 0 Å². The lowest BCUT2D eigenvalue weighted by Gasteiger charge is -2.71. The zero-order chi connectivity index (χ0) is 39.7. The third-order valence-corrected chi connectivity index (χ3v) is 16.5. The molecule has 0 radical (unpaired) electrons. The van der Waals surface area contributed by atoms with E-state index in [4.69, 9.17) is 18.9 Å². The number of ether oxygens (including phenoxy) is 4. The fourth-order valence-electron chi connectivity index (χ4n) is 13.0. The van der Waals surface area contributed by atoms with E-state index < -0.39 is 84.5 Å². The van der Waals surface area contributed by atoms with Gasteiger partial charge < -0.3 is 54.7 Å². The second kappa shape index (κ2) is 13.3. The molecule has 2 aliphatic heterocycles. The number of allylic oxidation sites excluding steroid dienone is 1. The highest BCUT2D eigenvalue weighted by molar-refractivity contribution is 5.91. The molecule has 7 aliphatic rings. The van der Waals surface area contributed by atoms with Crippen LogP contribution in [0.4, 0.5) is 0 Å². The summed E-state index contributed by atoms with van der Waals surface area (Å²) in [5.74, 6) is -1.29. The predicted octanol–water partition coefficient (Wildman–Crippen LogP) is 2.84. The number of aliphatic carboxylic acids is 1. The molecular formula is C41H64O13. The second-order valence-corrected chi connectivity index (χ2v) is 20.3. The lowest BCUT2D eigenvalue weighted by molar-refractivity contribution is -0.372. The molecule has 7 N–H and O–H groups in total. The van der Waals surface area contributed by atoms with Crippen LogP contribution in [0.2, 0.25) is 0 Å². The summed E-state index contributed by atoms with van der Waals surface area (Å²) < 4.78 is 24.1. The first-order valence-corrected chi connectivity index (χ1v) is 20.1. The third kappa shape index (κ3) is 5.84. The lowest BCUT2D eigenvalue weighted by atomic mass is 9.34.